The Balaban J connectivity index is 1.70. The fraction of sp³-hybridized carbons (Fsp3) is 0.294. The van der Waals surface area contributed by atoms with Crippen molar-refractivity contribution in [3.8, 4) is 6.07 Å². The van der Waals surface area contributed by atoms with Crippen molar-refractivity contribution in [3.63, 3.8) is 0 Å². The largest absolute Gasteiger partial charge is 0.350 e. The second-order valence-electron chi connectivity index (χ2n) is 5.77. The van der Waals surface area contributed by atoms with Gasteiger partial charge in [-0.05, 0) is 24.6 Å². The van der Waals surface area contributed by atoms with E-state index < -0.39 is 0 Å². The van der Waals surface area contributed by atoms with Crippen molar-refractivity contribution in [2.45, 2.75) is 13.0 Å². The predicted molar refractivity (Wildman–Crippen MR) is 93.7 cm³/mol. The van der Waals surface area contributed by atoms with E-state index in [-0.39, 0.29) is 11.9 Å². The van der Waals surface area contributed by atoms with Gasteiger partial charge in [-0.2, -0.15) is 5.26 Å². The van der Waals surface area contributed by atoms with Crippen LogP contribution in [0.5, 0.6) is 0 Å². The minimum atomic E-state index is -0.00176. The van der Waals surface area contributed by atoms with Gasteiger partial charge in [0.2, 0.25) is 0 Å². The van der Waals surface area contributed by atoms with Crippen LogP contribution in [0.15, 0.2) is 35.1 Å². The van der Waals surface area contributed by atoms with Gasteiger partial charge in [0.25, 0.3) is 5.91 Å². The molecule has 122 valence electrons. The van der Waals surface area contributed by atoms with Crippen LogP contribution < -0.4 is 4.90 Å². The van der Waals surface area contributed by atoms with Crippen LogP contribution in [0.1, 0.15) is 21.6 Å². The molecule has 2 aromatic rings. The number of halogens is 1. The standard InChI is InChI=1S/C17H16BrN5O/c1-11-3-4-12(18)7-14(11)17(24)22(2)13-9-23(10-13)16-15(8-19)20-5-6-21-16/h3-7,13H,9-10H2,1-2H3. The maximum Gasteiger partial charge on any atom is 0.254 e. The Morgan fingerprint density at radius 3 is 2.79 bits per heavy atom. The molecule has 1 fully saturated rings. The van der Waals surface area contributed by atoms with E-state index in [1.165, 1.54) is 6.20 Å². The molecule has 1 saturated heterocycles. The van der Waals surface area contributed by atoms with E-state index in [2.05, 4.69) is 32.0 Å². The molecular formula is C17H16BrN5O. The molecule has 0 bridgehead atoms. The molecule has 1 amide bonds. The van der Waals surface area contributed by atoms with Gasteiger partial charge in [-0.15, -0.1) is 0 Å². The number of carbonyl (C=O) groups is 1. The average Bonchev–Trinajstić information content (AvgIpc) is 2.55. The predicted octanol–water partition coefficient (Wildman–Crippen LogP) is 2.38. The first-order valence-corrected chi connectivity index (χ1v) is 8.30. The molecule has 7 heteroatoms. The molecule has 0 atom stereocenters. The summed E-state index contributed by atoms with van der Waals surface area (Å²) in [7, 11) is 1.81. The highest BCUT2D eigenvalue weighted by atomic mass is 79.9. The summed E-state index contributed by atoms with van der Waals surface area (Å²) in [4.78, 5) is 24.7. The summed E-state index contributed by atoms with van der Waals surface area (Å²) in [5, 5.41) is 9.11. The summed E-state index contributed by atoms with van der Waals surface area (Å²) in [6.45, 7) is 3.21. The number of benzene rings is 1. The molecule has 1 aliphatic rings. The highest BCUT2D eigenvalue weighted by molar-refractivity contribution is 9.10. The second-order valence-corrected chi connectivity index (χ2v) is 6.69. The molecule has 0 unspecified atom stereocenters. The first-order valence-electron chi connectivity index (χ1n) is 7.50. The maximum atomic E-state index is 12.7. The summed E-state index contributed by atoms with van der Waals surface area (Å²) in [5.41, 5.74) is 1.96. The zero-order valence-electron chi connectivity index (χ0n) is 13.4. The van der Waals surface area contributed by atoms with Crippen molar-refractivity contribution in [1.82, 2.24) is 14.9 Å². The Hall–Kier alpha value is -2.46. The molecule has 0 aliphatic carbocycles. The Morgan fingerprint density at radius 2 is 2.08 bits per heavy atom. The number of aryl methyl sites for hydroxylation is 1. The third kappa shape index (κ3) is 2.97. The SMILES string of the molecule is Cc1ccc(Br)cc1C(=O)N(C)C1CN(c2nccnc2C#N)C1. The Kier molecular flexibility index (Phi) is 4.49. The quantitative estimate of drug-likeness (QED) is 0.810. The number of nitriles is 1. The lowest BCUT2D eigenvalue weighted by atomic mass is 10.0. The molecule has 0 saturated carbocycles. The fourth-order valence-corrected chi connectivity index (χ4v) is 3.06. The number of anilines is 1. The summed E-state index contributed by atoms with van der Waals surface area (Å²) in [6.07, 6.45) is 3.08. The number of hydrogen-bond acceptors (Lipinski definition) is 5. The average molecular weight is 386 g/mol. The van der Waals surface area contributed by atoms with Gasteiger partial charge in [0.05, 0.1) is 6.04 Å². The molecule has 0 spiro atoms. The highest BCUT2D eigenvalue weighted by Crippen LogP contribution is 2.25. The van der Waals surface area contributed by atoms with Crippen molar-refractivity contribution < 1.29 is 4.79 Å². The van der Waals surface area contributed by atoms with Crippen LogP contribution in [0.2, 0.25) is 0 Å². The van der Waals surface area contributed by atoms with E-state index in [4.69, 9.17) is 5.26 Å². The van der Waals surface area contributed by atoms with Gasteiger partial charge in [-0.3, -0.25) is 4.79 Å². The monoisotopic (exact) mass is 385 g/mol. The summed E-state index contributed by atoms with van der Waals surface area (Å²) < 4.78 is 0.887. The van der Waals surface area contributed by atoms with E-state index in [9.17, 15) is 4.79 Å². The molecule has 1 aromatic heterocycles. The Morgan fingerprint density at radius 1 is 1.38 bits per heavy atom. The van der Waals surface area contributed by atoms with Crippen LogP contribution in [0.4, 0.5) is 5.82 Å². The van der Waals surface area contributed by atoms with Crippen LogP contribution in [0.3, 0.4) is 0 Å². The first kappa shape index (κ1) is 16.4. The topological polar surface area (TPSA) is 73.1 Å². The third-order valence-electron chi connectivity index (χ3n) is 4.24. The molecular weight excluding hydrogens is 370 g/mol. The lowest BCUT2D eigenvalue weighted by molar-refractivity contribution is 0.0704. The van der Waals surface area contributed by atoms with Crippen molar-refractivity contribution >= 4 is 27.7 Å². The van der Waals surface area contributed by atoms with E-state index in [0.29, 0.717) is 30.2 Å². The van der Waals surface area contributed by atoms with Gasteiger partial charge in [-0.25, -0.2) is 9.97 Å². The Bertz CT molecular complexity index is 826. The van der Waals surface area contributed by atoms with Gasteiger partial charge >= 0.3 is 0 Å². The minimum Gasteiger partial charge on any atom is -0.350 e. The van der Waals surface area contributed by atoms with Crippen LogP contribution in [0.25, 0.3) is 0 Å². The second kappa shape index (κ2) is 6.57. The third-order valence-corrected chi connectivity index (χ3v) is 4.74. The smallest absolute Gasteiger partial charge is 0.254 e. The maximum absolute atomic E-state index is 12.7. The van der Waals surface area contributed by atoms with Gasteiger partial charge in [0, 0.05) is 42.6 Å². The lowest BCUT2D eigenvalue weighted by Crippen LogP contribution is -2.60. The van der Waals surface area contributed by atoms with Crippen LogP contribution in [0, 0.1) is 18.3 Å². The molecule has 24 heavy (non-hydrogen) atoms. The molecule has 2 heterocycles. The van der Waals surface area contributed by atoms with Gasteiger partial charge in [-0.1, -0.05) is 22.0 Å². The van der Waals surface area contributed by atoms with E-state index in [0.717, 1.165) is 10.0 Å². The van der Waals surface area contributed by atoms with Crippen LogP contribution in [-0.2, 0) is 0 Å². The Labute approximate surface area is 148 Å². The number of rotatable bonds is 3. The summed E-state index contributed by atoms with van der Waals surface area (Å²) in [6, 6.07) is 7.84. The molecule has 0 N–H and O–H groups in total. The molecule has 6 nitrogen and oxygen atoms in total. The fourth-order valence-electron chi connectivity index (χ4n) is 2.69. The van der Waals surface area contributed by atoms with Gasteiger partial charge < -0.3 is 9.80 Å². The normalized spacial score (nSPS) is 14.0. The molecule has 3 rings (SSSR count). The van der Waals surface area contributed by atoms with Crippen molar-refractivity contribution in [3.05, 3.63) is 51.9 Å². The van der Waals surface area contributed by atoms with E-state index in [1.807, 2.05) is 37.1 Å². The number of amides is 1. The van der Waals surface area contributed by atoms with E-state index >= 15 is 0 Å². The summed E-state index contributed by atoms with van der Waals surface area (Å²) >= 11 is 3.41. The highest BCUT2D eigenvalue weighted by Gasteiger charge is 2.35. The summed E-state index contributed by atoms with van der Waals surface area (Å²) in [5.74, 6) is 0.578. The minimum absolute atomic E-state index is 0.00176. The van der Waals surface area contributed by atoms with E-state index in [1.54, 1.807) is 11.1 Å². The van der Waals surface area contributed by atoms with Crippen LogP contribution in [-0.4, -0.2) is 47.0 Å². The number of likely N-dealkylation sites (N-methyl/N-ethyl adjacent to an activating group) is 1. The van der Waals surface area contributed by atoms with Crippen molar-refractivity contribution in [2.24, 2.45) is 0 Å². The molecule has 1 aliphatic heterocycles. The first-order chi connectivity index (χ1) is 11.5. The molecule has 0 radical (unpaired) electrons. The number of hydrogen-bond donors (Lipinski definition) is 0. The molecule has 1 aromatic carbocycles. The van der Waals surface area contributed by atoms with Gasteiger partial charge in [0.1, 0.15) is 6.07 Å². The number of aromatic nitrogens is 2. The van der Waals surface area contributed by atoms with Crippen LogP contribution >= 0.6 is 15.9 Å². The number of nitrogens with zero attached hydrogens (tertiary/aromatic N) is 5. The zero-order chi connectivity index (χ0) is 17.3. The van der Waals surface area contributed by atoms with Gasteiger partial charge in [0.15, 0.2) is 11.5 Å². The lowest BCUT2D eigenvalue weighted by Gasteiger charge is -2.44. The van der Waals surface area contributed by atoms with Crippen molar-refractivity contribution in [2.75, 3.05) is 25.0 Å². The zero-order valence-corrected chi connectivity index (χ0v) is 15.0. The number of carbonyl (C=O) groups excluding carboxylic acids is 1. The van der Waals surface area contributed by atoms with Crippen molar-refractivity contribution in [1.29, 1.82) is 5.26 Å².